The Kier molecular flexibility index (Phi) is 7.00. The molecule has 0 amide bonds. The average Bonchev–Trinajstić information content (AvgIpc) is 3.85. The topological polar surface area (TPSA) is 25.8 Å². The van der Waals surface area contributed by atoms with E-state index >= 15 is 0 Å². The van der Waals surface area contributed by atoms with E-state index < -0.39 is 0 Å². The van der Waals surface area contributed by atoms with Crippen molar-refractivity contribution in [1.82, 2.24) is 9.97 Å². The molecule has 0 atom stereocenters. The monoisotopic (exact) mass is 746 g/mol. The van der Waals surface area contributed by atoms with Gasteiger partial charge in [-0.25, -0.2) is 4.98 Å². The van der Waals surface area contributed by atoms with Crippen molar-refractivity contribution in [2.45, 2.75) is 0 Å². The van der Waals surface area contributed by atoms with Crippen molar-refractivity contribution < 1.29 is 0 Å². The highest BCUT2D eigenvalue weighted by atomic mass is 32.1. The molecule has 0 saturated carbocycles. The number of rotatable bonds is 4. The van der Waals surface area contributed by atoms with Gasteiger partial charge in [-0.1, -0.05) is 146 Å². The highest BCUT2D eigenvalue weighted by Crippen LogP contribution is 2.43. The molecule has 0 aliphatic heterocycles. The third kappa shape index (κ3) is 4.86. The van der Waals surface area contributed by atoms with Gasteiger partial charge >= 0.3 is 0 Å². The predicted molar refractivity (Wildman–Crippen MR) is 242 cm³/mol. The van der Waals surface area contributed by atoms with Gasteiger partial charge in [0.1, 0.15) is 0 Å². The molecule has 260 valence electrons. The molecule has 0 radical (unpaired) electrons. The lowest BCUT2D eigenvalue weighted by atomic mass is 9.94. The van der Waals surface area contributed by atoms with Gasteiger partial charge in [0, 0.05) is 56.7 Å². The third-order valence-electron chi connectivity index (χ3n) is 11.3. The number of aromatic nitrogens is 2. The van der Waals surface area contributed by atoms with Crippen LogP contribution in [0.1, 0.15) is 0 Å². The molecule has 12 rings (SSSR count). The lowest BCUT2D eigenvalue weighted by molar-refractivity contribution is 1.31. The summed E-state index contributed by atoms with van der Waals surface area (Å²) in [5, 5.41) is 9.83. The molecule has 9 aromatic carbocycles. The lowest BCUT2D eigenvalue weighted by Gasteiger charge is -2.13. The maximum absolute atomic E-state index is 5.45. The Morgan fingerprint density at radius 2 is 0.821 bits per heavy atom. The Labute approximate surface area is 330 Å². The number of fused-ring (bicyclic) bond motifs is 12. The van der Waals surface area contributed by atoms with E-state index in [9.17, 15) is 0 Å². The second-order valence-electron chi connectivity index (χ2n) is 14.5. The molecule has 0 bridgehead atoms. The first-order chi connectivity index (χ1) is 27.7. The number of nitrogens with zero attached hydrogens (tertiary/aromatic N) is 2. The van der Waals surface area contributed by atoms with E-state index in [1.165, 1.54) is 78.9 Å². The van der Waals surface area contributed by atoms with Crippen molar-refractivity contribution in [2.75, 3.05) is 0 Å². The summed E-state index contributed by atoms with van der Waals surface area (Å²) in [5.74, 6) is 0. The summed E-state index contributed by atoms with van der Waals surface area (Å²) < 4.78 is 5.27. The standard InChI is InChI=1S/C52H30N2S2/c1-2-18-42-38(15-1)39-26-25-32(31-11-7-12-33(27-31)36-19-9-21-43-40-16-3-5-23-47(40)55-51(36)43)29-45(39)50-49(42)53-30-46(54-50)35-14-8-13-34(28-35)37-20-10-22-44-41-17-4-6-24-48(41)56-52(37)44/h1-30H. The van der Waals surface area contributed by atoms with Crippen LogP contribution in [0, 0.1) is 0 Å². The van der Waals surface area contributed by atoms with Gasteiger partial charge in [-0.2, -0.15) is 0 Å². The van der Waals surface area contributed by atoms with Crippen molar-refractivity contribution in [1.29, 1.82) is 0 Å². The summed E-state index contributed by atoms with van der Waals surface area (Å²) in [7, 11) is 0. The Balaban J connectivity index is 1.01. The molecular weight excluding hydrogens is 717 g/mol. The molecule has 3 heterocycles. The van der Waals surface area contributed by atoms with E-state index in [1.807, 2.05) is 28.9 Å². The zero-order chi connectivity index (χ0) is 36.7. The first kappa shape index (κ1) is 31.6. The second-order valence-corrected chi connectivity index (χ2v) is 16.6. The molecule has 0 fully saturated rings. The molecule has 0 unspecified atom stereocenters. The van der Waals surface area contributed by atoms with Gasteiger partial charge in [-0.15, -0.1) is 22.7 Å². The normalized spacial score (nSPS) is 11.9. The zero-order valence-electron chi connectivity index (χ0n) is 30.0. The highest BCUT2D eigenvalue weighted by Gasteiger charge is 2.16. The number of benzene rings is 9. The van der Waals surface area contributed by atoms with Crippen LogP contribution < -0.4 is 0 Å². The van der Waals surface area contributed by atoms with Crippen LogP contribution in [0.5, 0.6) is 0 Å². The van der Waals surface area contributed by atoms with Crippen molar-refractivity contribution in [3.05, 3.63) is 182 Å². The van der Waals surface area contributed by atoms with E-state index in [2.05, 4.69) is 176 Å². The molecule has 12 aromatic rings. The molecule has 0 aliphatic carbocycles. The minimum Gasteiger partial charge on any atom is -0.252 e. The Hall–Kier alpha value is -6.72. The van der Waals surface area contributed by atoms with Gasteiger partial charge in [-0.05, 0) is 74.5 Å². The fraction of sp³-hybridized carbons (Fsp3) is 0. The summed E-state index contributed by atoms with van der Waals surface area (Å²) in [6.45, 7) is 0. The van der Waals surface area contributed by atoms with E-state index in [0.29, 0.717) is 0 Å². The maximum Gasteiger partial charge on any atom is 0.0979 e. The van der Waals surface area contributed by atoms with Gasteiger partial charge < -0.3 is 0 Å². The van der Waals surface area contributed by atoms with E-state index in [1.54, 1.807) is 0 Å². The molecule has 0 saturated heterocycles. The lowest BCUT2D eigenvalue weighted by Crippen LogP contribution is -1.93. The first-order valence-corrected chi connectivity index (χ1v) is 20.5. The van der Waals surface area contributed by atoms with Crippen LogP contribution in [0.15, 0.2) is 182 Å². The Bertz CT molecular complexity index is 3320. The van der Waals surface area contributed by atoms with E-state index in [0.717, 1.165) is 38.6 Å². The third-order valence-corrected chi connectivity index (χ3v) is 13.7. The molecule has 2 nitrogen and oxygen atoms in total. The van der Waals surface area contributed by atoms with Gasteiger partial charge in [0.2, 0.25) is 0 Å². The second kappa shape index (κ2) is 12.4. The summed E-state index contributed by atoms with van der Waals surface area (Å²) in [5.41, 5.74) is 11.0. The quantitative estimate of drug-likeness (QED) is 0.168. The van der Waals surface area contributed by atoms with E-state index in [-0.39, 0.29) is 0 Å². The van der Waals surface area contributed by atoms with Crippen LogP contribution >= 0.6 is 22.7 Å². The molecular formula is C52H30N2S2. The van der Waals surface area contributed by atoms with Crippen LogP contribution in [0.4, 0.5) is 0 Å². The Morgan fingerprint density at radius 3 is 1.50 bits per heavy atom. The first-order valence-electron chi connectivity index (χ1n) is 18.9. The largest absolute Gasteiger partial charge is 0.252 e. The van der Waals surface area contributed by atoms with Gasteiger partial charge in [0.25, 0.3) is 0 Å². The zero-order valence-corrected chi connectivity index (χ0v) is 31.7. The molecule has 0 spiro atoms. The van der Waals surface area contributed by atoms with Crippen LogP contribution in [0.25, 0.3) is 118 Å². The van der Waals surface area contributed by atoms with Crippen molar-refractivity contribution >= 4 is 95.6 Å². The molecule has 56 heavy (non-hydrogen) atoms. The molecule has 0 N–H and O–H groups in total. The highest BCUT2D eigenvalue weighted by molar-refractivity contribution is 7.26. The van der Waals surface area contributed by atoms with Gasteiger partial charge in [0.15, 0.2) is 0 Å². The molecule has 4 heteroatoms. The van der Waals surface area contributed by atoms with Gasteiger partial charge in [-0.3, -0.25) is 4.98 Å². The van der Waals surface area contributed by atoms with Crippen LogP contribution in [0.2, 0.25) is 0 Å². The molecule has 0 aliphatic rings. The SMILES string of the molecule is c1cc(-c2ccc3c4ccccc4c4ncc(-c5cccc(-c6cccc7c6sc6ccccc67)c5)nc4c3c2)cc(-c2cccc3c2sc2ccccc23)c1. The van der Waals surface area contributed by atoms with Crippen LogP contribution in [-0.2, 0) is 0 Å². The van der Waals surface area contributed by atoms with E-state index in [4.69, 9.17) is 9.97 Å². The molecule has 3 aromatic heterocycles. The average molecular weight is 747 g/mol. The fourth-order valence-corrected chi connectivity index (χ4v) is 11.1. The summed E-state index contributed by atoms with van der Waals surface area (Å²) >= 11 is 3.74. The fourth-order valence-electron chi connectivity index (χ4n) is 8.65. The van der Waals surface area contributed by atoms with Gasteiger partial charge in [0.05, 0.1) is 22.9 Å². The van der Waals surface area contributed by atoms with Crippen molar-refractivity contribution in [3.8, 4) is 44.6 Å². The number of hydrogen-bond donors (Lipinski definition) is 0. The number of hydrogen-bond acceptors (Lipinski definition) is 4. The predicted octanol–water partition coefficient (Wildman–Crippen LogP) is 15.3. The minimum atomic E-state index is 0.864. The summed E-state index contributed by atoms with van der Waals surface area (Å²) in [6, 6.07) is 63.9. The summed E-state index contributed by atoms with van der Waals surface area (Å²) in [6.07, 6.45) is 1.95. The van der Waals surface area contributed by atoms with Crippen molar-refractivity contribution in [3.63, 3.8) is 0 Å². The maximum atomic E-state index is 5.45. The number of thiophene rings is 2. The van der Waals surface area contributed by atoms with Crippen LogP contribution in [0.3, 0.4) is 0 Å². The summed E-state index contributed by atoms with van der Waals surface area (Å²) in [4.78, 5) is 10.6. The van der Waals surface area contributed by atoms with Crippen molar-refractivity contribution in [2.24, 2.45) is 0 Å². The van der Waals surface area contributed by atoms with Crippen LogP contribution in [-0.4, -0.2) is 9.97 Å². The Morgan fingerprint density at radius 1 is 0.321 bits per heavy atom. The minimum absolute atomic E-state index is 0.864. The smallest absolute Gasteiger partial charge is 0.0979 e.